The molecule has 0 bridgehead atoms. The van der Waals surface area contributed by atoms with Crippen molar-refractivity contribution < 1.29 is 9.72 Å². The van der Waals surface area contributed by atoms with Crippen LogP contribution in [-0.2, 0) is 4.79 Å². The minimum atomic E-state index is -0.485. The van der Waals surface area contributed by atoms with Crippen molar-refractivity contribution in [1.29, 1.82) is 0 Å². The molecule has 1 atom stereocenters. The second-order valence-corrected chi connectivity index (χ2v) is 4.68. The summed E-state index contributed by atoms with van der Waals surface area (Å²) in [6.07, 6.45) is 0. The van der Waals surface area contributed by atoms with E-state index in [0.717, 1.165) is 4.70 Å². The fraction of sp³-hybridized carbons (Fsp3) is 0.273. The van der Waals surface area contributed by atoms with E-state index in [1.165, 1.54) is 18.3 Å². The lowest BCUT2D eigenvalue weighted by Gasteiger charge is -2.08. The summed E-state index contributed by atoms with van der Waals surface area (Å²) in [6.45, 7) is 3.10. The molecule has 0 spiro atoms. The smallest absolute Gasteiger partial charge is 0.299 e. The normalized spacial score (nSPS) is 12.6. The monoisotopic (exact) mass is 250 g/mol. The van der Waals surface area contributed by atoms with Gasteiger partial charge in [0.15, 0.2) is 5.52 Å². The van der Waals surface area contributed by atoms with Crippen LogP contribution in [0, 0.1) is 10.1 Å². The van der Waals surface area contributed by atoms with Gasteiger partial charge in [0.2, 0.25) is 0 Å². The molecule has 2 rings (SSSR count). The van der Waals surface area contributed by atoms with Crippen LogP contribution in [-0.4, -0.2) is 15.7 Å². The number of hydrogen-bond acceptors (Lipinski definition) is 5. The predicted octanol–water partition coefficient (Wildman–Crippen LogP) is 2.90. The Hall–Kier alpha value is -1.82. The maximum absolute atomic E-state index is 11.4. The van der Waals surface area contributed by atoms with Gasteiger partial charge in [-0.3, -0.25) is 14.9 Å². The van der Waals surface area contributed by atoms with Crippen LogP contribution >= 0.6 is 11.3 Å². The number of rotatable bonds is 3. The van der Waals surface area contributed by atoms with Crippen LogP contribution < -0.4 is 0 Å². The van der Waals surface area contributed by atoms with Crippen LogP contribution in [0.4, 0.5) is 5.69 Å². The van der Waals surface area contributed by atoms with Crippen molar-refractivity contribution in [2.45, 2.75) is 19.8 Å². The Morgan fingerprint density at radius 2 is 2.24 bits per heavy atom. The molecule has 17 heavy (non-hydrogen) atoms. The summed E-state index contributed by atoms with van der Waals surface area (Å²) in [4.78, 5) is 26.0. The maximum atomic E-state index is 11.4. The van der Waals surface area contributed by atoms with Crippen molar-refractivity contribution >= 4 is 33.0 Å². The summed E-state index contributed by atoms with van der Waals surface area (Å²) in [7, 11) is 0. The third-order valence-electron chi connectivity index (χ3n) is 2.77. The highest BCUT2D eigenvalue weighted by atomic mass is 32.1. The van der Waals surface area contributed by atoms with Crippen molar-refractivity contribution in [1.82, 2.24) is 4.98 Å². The van der Waals surface area contributed by atoms with E-state index in [4.69, 9.17) is 0 Å². The molecule has 0 aliphatic heterocycles. The number of nitro groups is 1. The molecular formula is C11H10N2O3S. The number of ketones is 1. The standard InChI is InChI=1S/C11H10N2O3S/c1-6(7(2)14)8-3-4-9-10(12-5-17-9)11(8)13(15)16/h3-6H,1-2H3. The maximum Gasteiger partial charge on any atom is 0.300 e. The molecule has 88 valence electrons. The number of Topliss-reactive ketones (excluding diaryl/α,β-unsaturated/α-hetero) is 1. The quantitative estimate of drug-likeness (QED) is 0.620. The van der Waals surface area contributed by atoms with E-state index < -0.39 is 10.8 Å². The van der Waals surface area contributed by atoms with E-state index in [-0.39, 0.29) is 11.5 Å². The molecule has 2 aromatic rings. The molecule has 5 nitrogen and oxygen atoms in total. The molecule has 0 N–H and O–H groups in total. The van der Waals surface area contributed by atoms with Gasteiger partial charge >= 0.3 is 0 Å². The SMILES string of the molecule is CC(=O)C(C)c1ccc2scnc2c1[N+](=O)[O-]. The van der Waals surface area contributed by atoms with E-state index in [2.05, 4.69) is 4.98 Å². The van der Waals surface area contributed by atoms with Crippen molar-refractivity contribution in [3.05, 3.63) is 33.3 Å². The second-order valence-electron chi connectivity index (χ2n) is 3.79. The van der Waals surface area contributed by atoms with E-state index in [1.807, 2.05) is 0 Å². The average Bonchev–Trinajstić information content (AvgIpc) is 2.73. The largest absolute Gasteiger partial charge is 0.300 e. The van der Waals surface area contributed by atoms with Gasteiger partial charge in [-0.1, -0.05) is 6.92 Å². The van der Waals surface area contributed by atoms with E-state index >= 15 is 0 Å². The molecule has 0 saturated carbocycles. The molecule has 1 aromatic carbocycles. The molecule has 0 radical (unpaired) electrons. The number of thiazole rings is 1. The molecule has 0 fully saturated rings. The van der Waals surface area contributed by atoms with Gasteiger partial charge in [0.25, 0.3) is 5.69 Å². The van der Waals surface area contributed by atoms with E-state index in [1.54, 1.807) is 24.6 Å². The number of aromatic nitrogens is 1. The van der Waals surface area contributed by atoms with Crippen LogP contribution in [0.3, 0.4) is 0 Å². The molecule has 0 aliphatic rings. The minimum absolute atomic E-state index is 0.0496. The zero-order valence-electron chi connectivity index (χ0n) is 9.34. The summed E-state index contributed by atoms with van der Waals surface area (Å²) in [5.74, 6) is -0.579. The van der Waals surface area contributed by atoms with Gasteiger partial charge in [-0.15, -0.1) is 11.3 Å². The van der Waals surface area contributed by atoms with Gasteiger partial charge in [0.1, 0.15) is 5.78 Å². The van der Waals surface area contributed by atoms with E-state index in [9.17, 15) is 14.9 Å². The first-order chi connectivity index (χ1) is 8.02. The van der Waals surface area contributed by atoms with Crippen molar-refractivity contribution in [2.24, 2.45) is 0 Å². The molecule has 0 aliphatic carbocycles. The second kappa shape index (κ2) is 4.21. The number of carbonyl (C=O) groups is 1. The summed E-state index contributed by atoms with van der Waals surface area (Å²) in [6, 6.07) is 3.42. The fourth-order valence-electron chi connectivity index (χ4n) is 1.69. The highest BCUT2D eigenvalue weighted by Gasteiger charge is 2.25. The Labute approximate surface area is 101 Å². The summed E-state index contributed by atoms with van der Waals surface area (Å²) in [5.41, 5.74) is 2.32. The van der Waals surface area contributed by atoms with Gasteiger partial charge in [-0.2, -0.15) is 0 Å². The number of hydrogen-bond donors (Lipinski definition) is 0. The zero-order chi connectivity index (χ0) is 12.6. The number of fused-ring (bicyclic) bond motifs is 1. The lowest BCUT2D eigenvalue weighted by atomic mass is 9.95. The lowest BCUT2D eigenvalue weighted by molar-refractivity contribution is -0.384. The highest BCUT2D eigenvalue weighted by molar-refractivity contribution is 7.16. The molecule has 0 amide bonds. The number of benzene rings is 1. The number of nitrogens with zero attached hydrogens (tertiary/aromatic N) is 2. The summed E-state index contributed by atoms with van der Waals surface area (Å²) >= 11 is 1.35. The lowest BCUT2D eigenvalue weighted by Crippen LogP contribution is -2.07. The van der Waals surface area contributed by atoms with E-state index in [0.29, 0.717) is 11.1 Å². The molecular weight excluding hydrogens is 240 g/mol. The Balaban J connectivity index is 2.74. The molecule has 0 saturated heterocycles. The van der Waals surface area contributed by atoms with Gasteiger partial charge in [-0.05, 0) is 19.1 Å². The first-order valence-corrected chi connectivity index (χ1v) is 5.91. The van der Waals surface area contributed by atoms with Crippen molar-refractivity contribution in [2.75, 3.05) is 0 Å². The van der Waals surface area contributed by atoms with Gasteiger partial charge in [-0.25, -0.2) is 4.98 Å². The highest BCUT2D eigenvalue weighted by Crippen LogP contribution is 2.35. The summed E-state index contributed by atoms with van der Waals surface area (Å²) in [5, 5.41) is 11.1. The zero-order valence-corrected chi connectivity index (χ0v) is 10.2. The fourth-order valence-corrected chi connectivity index (χ4v) is 2.37. The predicted molar refractivity (Wildman–Crippen MR) is 65.4 cm³/mol. The first-order valence-electron chi connectivity index (χ1n) is 5.03. The minimum Gasteiger partial charge on any atom is -0.299 e. The Morgan fingerprint density at radius 1 is 1.53 bits per heavy atom. The van der Waals surface area contributed by atoms with Crippen LogP contribution in [0.15, 0.2) is 17.6 Å². The van der Waals surface area contributed by atoms with Crippen molar-refractivity contribution in [3.8, 4) is 0 Å². The van der Waals surface area contributed by atoms with Gasteiger partial charge < -0.3 is 0 Å². The van der Waals surface area contributed by atoms with Crippen LogP contribution in [0.5, 0.6) is 0 Å². The van der Waals surface area contributed by atoms with Gasteiger partial charge in [0, 0.05) is 11.5 Å². The Morgan fingerprint density at radius 3 is 2.82 bits per heavy atom. The van der Waals surface area contributed by atoms with Crippen LogP contribution in [0.25, 0.3) is 10.2 Å². The Kier molecular flexibility index (Phi) is 2.89. The topological polar surface area (TPSA) is 73.1 Å². The third kappa shape index (κ3) is 1.91. The van der Waals surface area contributed by atoms with Crippen LogP contribution in [0.1, 0.15) is 25.3 Å². The molecule has 6 heteroatoms. The third-order valence-corrected chi connectivity index (χ3v) is 3.56. The average molecular weight is 250 g/mol. The number of carbonyl (C=O) groups excluding carboxylic acids is 1. The first kappa shape index (κ1) is 11.7. The molecule has 1 unspecified atom stereocenters. The van der Waals surface area contributed by atoms with Gasteiger partial charge in [0.05, 0.1) is 15.1 Å². The van der Waals surface area contributed by atoms with Crippen molar-refractivity contribution in [3.63, 3.8) is 0 Å². The summed E-state index contributed by atoms with van der Waals surface area (Å²) < 4.78 is 0.760. The van der Waals surface area contributed by atoms with Crippen LogP contribution in [0.2, 0.25) is 0 Å². The number of nitro benzene ring substituents is 1. The Bertz CT molecular complexity index is 606. The molecule has 1 heterocycles. The molecule has 1 aromatic heterocycles.